The lowest BCUT2D eigenvalue weighted by molar-refractivity contribution is 0.394. The van der Waals surface area contributed by atoms with Gasteiger partial charge < -0.3 is 19.7 Å². The number of methoxy groups -OCH3 is 2. The Hall–Kier alpha value is -2.50. The molecule has 1 aliphatic heterocycles. The van der Waals surface area contributed by atoms with E-state index in [4.69, 9.17) is 9.47 Å². The molecule has 0 radical (unpaired) electrons. The highest BCUT2D eigenvalue weighted by molar-refractivity contribution is 5.54. The minimum atomic E-state index is 0.337. The predicted octanol–water partition coefficient (Wildman–Crippen LogP) is 2.57. The maximum absolute atomic E-state index is 5.33. The minimum Gasteiger partial charge on any atom is -0.497 e. The number of hydrogen-bond donors (Lipinski definition) is 1. The van der Waals surface area contributed by atoms with Crippen LogP contribution in [-0.2, 0) is 0 Å². The van der Waals surface area contributed by atoms with Crippen molar-refractivity contribution in [2.24, 2.45) is 0 Å². The number of nitrogens with zero attached hydrogens (tertiary/aromatic N) is 3. The Balaban J connectivity index is 1.70. The Morgan fingerprint density at radius 2 is 1.78 bits per heavy atom. The first-order valence-electron chi connectivity index (χ1n) is 7.80. The number of aromatic nitrogens is 2. The first kappa shape index (κ1) is 15.4. The maximum Gasteiger partial charge on any atom is 0.225 e. The molecular formula is C17H22N4O2. The fraction of sp³-hybridized carbons (Fsp3) is 0.412. The molecule has 23 heavy (non-hydrogen) atoms. The lowest BCUT2D eigenvalue weighted by atomic mass is 10.1. The van der Waals surface area contributed by atoms with E-state index >= 15 is 0 Å². The molecule has 0 amide bonds. The molecule has 1 aromatic heterocycles. The first-order valence-corrected chi connectivity index (χ1v) is 7.80. The van der Waals surface area contributed by atoms with Gasteiger partial charge in [0.2, 0.25) is 5.95 Å². The molecule has 1 aliphatic rings. The van der Waals surface area contributed by atoms with Gasteiger partial charge in [-0.15, -0.1) is 0 Å². The summed E-state index contributed by atoms with van der Waals surface area (Å²) in [7, 11) is 3.32. The van der Waals surface area contributed by atoms with Crippen LogP contribution in [0.5, 0.6) is 11.5 Å². The first-order chi connectivity index (χ1) is 11.3. The summed E-state index contributed by atoms with van der Waals surface area (Å²) in [5, 5.41) is 3.57. The smallest absolute Gasteiger partial charge is 0.225 e. The summed E-state index contributed by atoms with van der Waals surface area (Å²) >= 11 is 0. The summed E-state index contributed by atoms with van der Waals surface area (Å²) in [6, 6.07) is 8.02. The molecule has 2 heterocycles. The zero-order chi connectivity index (χ0) is 16.1. The number of ether oxygens (including phenoxy) is 2. The summed E-state index contributed by atoms with van der Waals surface area (Å²) in [6.07, 6.45) is 5.79. The van der Waals surface area contributed by atoms with Gasteiger partial charge >= 0.3 is 0 Å². The average Bonchev–Trinajstić information content (AvgIpc) is 2.62. The molecule has 1 atom stereocenters. The highest BCUT2D eigenvalue weighted by Crippen LogP contribution is 2.27. The molecule has 6 heteroatoms. The zero-order valence-corrected chi connectivity index (χ0v) is 13.5. The van der Waals surface area contributed by atoms with Gasteiger partial charge in [0.1, 0.15) is 11.5 Å². The number of rotatable bonds is 5. The van der Waals surface area contributed by atoms with Crippen molar-refractivity contribution in [1.82, 2.24) is 9.97 Å². The maximum atomic E-state index is 5.33. The average molecular weight is 314 g/mol. The molecule has 0 bridgehead atoms. The Morgan fingerprint density at radius 1 is 1.09 bits per heavy atom. The van der Waals surface area contributed by atoms with Crippen LogP contribution >= 0.6 is 0 Å². The second kappa shape index (κ2) is 7.17. The number of piperidine rings is 1. The van der Waals surface area contributed by atoms with Crippen molar-refractivity contribution in [3.63, 3.8) is 0 Å². The van der Waals surface area contributed by atoms with E-state index in [0.29, 0.717) is 6.04 Å². The quantitative estimate of drug-likeness (QED) is 0.915. The number of hydrogen-bond acceptors (Lipinski definition) is 6. The van der Waals surface area contributed by atoms with Crippen molar-refractivity contribution < 1.29 is 9.47 Å². The number of anilines is 2. The lowest BCUT2D eigenvalue weighted by Gasteiger charge is -2.33. The van der Waals surface area contributed by atoms with Crippen LogP contribution in [0.25, 0.3) is 0 Å². The molecule has 0 aliphatic carbocycles. The predicted molar refractivity (Wildman–Crippen MR) is 90.4 cm³/mol. The van der Waals surface area contributed by atoms with Gasteiger partial charge in [0.05, 0.1) is 14.2 Å². The second-order valence-corrected chi connectivity index (χ2v) is 5.58. The van der Waals surface area contributed by atoms with Crippen LogP contribution in [0.15, 0.2) is 36.7 Å². The lowest BCUT2D eigenvalue weighted by Crippen LogP contribution is -2.42. The zero-order valence-electron chi connectivity index (χ0n) is 13.5. The Labute approximate surface area is 136 Å². The minimum absolute atomic E-state index is 0.337. The Bertz CT molecular complexity index is 613. The van der Waals surface area contributed by atoms with Crippen molar-refractivity contribution in [1.29, 1.82) is 0 Å². The third kappa shape index (κ3) is 3.83. The van der Waals surface area contributed by atoms with E-state index in [0.717, 1.165) is 49.1 Å². The molecule has 1 saturated heterocycles. The molecule has 122 valence electrons. The molecule has 0 unspecified atom stereocenters. The highest BCUT2D eigenvalue weighted by Gasteiger charge is 2.21. The van der Waals surface area contributed by atoms with E-state index in [2.05, 4.69) is 20.2 Å². The van der Waals surface area contributed by atoms with E-state index in [1.807, 2.05) is 24.3 Å². The molecule has 0 saturated carbocycles. The Morgan fingerprint density at radius 3 is 2.43 bits per heavy atom. The summed E-state index contributed by atoms with van der Waals surface area (Å²) in [4.78, 5) is 10.9. The molecule has 1 N–H and O–H groups in total. The van der Waals surface area contributed by atoms with Crippen molar-refractivity contribution in [3.05, 3.63) is 36.7 Å². The van der Waals surface area contributed by atoms with E-state index in [9.17, 15) is 0 Å². The summed E-state index contributed by atoms with van der Waals surface area (Å²) in [5.74, 6) is 2.36. The van der Waals surface area contributed by atoms with Crippen molar-refractivity contribution in [2.45, 2.75) is 18.9 Å². The molecule has 1 aromatic carbocycles. The summed E-state index contributed by atoms with van der Waals surface area (Å²) in [6.45, 7) is 1.87. The third-order valence-electron chi connectivity index (χ3n) is 3.98. The van der Waals surface area contributed by atoms with Crippen LogP contribution in [0.4, 0.5) is 11.6 Å². The van der Waals surface area contributed by atoms with Crippen molar-refractivity contribution in [3.8, 4) is 11.5 Å². The monoisotopic (exact) mass is 314 g/mol. The normalized spacial score (nSPS) is 17.7. The SMILES string of the molecule is COc1cc(N[C@H]2CCCN(c3ncccn3)C2)cc(OC)c1. The van der Waals surface area contributed by atoms with Crippen LogP contribution in [0.3, 0.4) is 0 Å². The highest BCUT2D eigenvalue weighted by atomic mass is 16.5. The van der Waals surface area contributed by atoms with Gasteiger partial charge in [-0.05, 0) is 18.9 Å². The summed E-state index contributed by atoms with van der Waals surface area (Å²) < 4.78 is 10.7. The topological polar surface area (TPSA) is 59.5 Å². The molecule has 0 spiro atoms. The molecule has 1 fully saturated rings. The fourth-order valence-corrected chi connectivity index (χ4v) is 2.86. The van der Waals surface area contributed by atoms with Crippen LogP contribution in [0, 0.1) is 0 Å². The molecular weight excluding hydrogens is 292 g/mol. The fourth-order valence-electron chi connectivity index (χ4n) is 2.86. The van der Waals surface area contributed by atoms with Crippen LogP contribution in [0.1, 0.15) is 12.8 Å². The Kier molecular flexibility index (Phi) is 4.80. The van der Waals surface area contributed by atoms with Gasteiger partial charge in [0, 0.05) is 55.4 Å². The van der Waals surface area contributed by atoms with Crippen molar-refractivity contribution >= 4 is 11.6 Å². The van der Waals surface area contributed by atoms with Crippen LogP contribution < -0.4 is 19.7 Å². The third-order valence-corrected chi connectivity index (χ3v) is 3.98. The second-order valence-electron chi connectivity index (χ2n) is 5.58. The van der Waals surface area contributed by atoms with E-state index in [1.165, 1.54) is 0 Å². The van der Waals surface area contributed by atoms with E-state index in [1.54, 1.807) is 26.6 Å². The van der Waals surface area contributed by atoms with E-state index in [-0.39, 0.29) is 0 Å². The number of benzene rings is 1. The van der Waals surface area contributed by atoms with Gasteiger partial charge in [-0.3, -0.25) is 0 Å². The standard InChI is InChI=1S/C17H22N4O2/c1-22-15-9-14(10-16(11-15)23-2)20-13-5-3-8-21(12-13)17-18-6-4-7-19-17/h4,6-7,9-11,13,20H,3,5,8,12H2,1-2H3/t13-/m0/s1. The number of nitrogens with one attached hydrogen (secondary N) is 1. The molecule has 6 nitrogen and oxygen atoms in total. The molecule has 3 rings (SSSR count). The van der Waals surface area contributed by atoms with Gasteiger partial charge in [0.25, 0.3) is 0 Å². The van der Waals surface area contributed by atoms with Crippen LogP contribution in [-0.4, -0.2) is 43.3 Å². The van der Waals surface area contributed by atoms with Gasteiger partial charge in [-0.2, -0.15) is 0 Å². The van der Waals surface area contributed by atoms with Crippen LogP contribution in [0.2, 0.25) is 0 Å². The molecule has 2 aromatic rings. The van der Waals surface area contributed by atoms with Gasteiger partial charge in [-0.1, -0.05) is 0 Å². The summed E-state index contributed by atoms with van der Waals surface area (Å²) in [5.41, 5.74) is 1.00. The van der Waals surface area contributed by atoms with Gasteiger partial charge in [-0.25, -0.2) is 9.97 Å². The van der Waals surface area contributed by atoms with Gasteiger partial charge in [0.15, 0.2) is 0 Å². The van der Waals surface area contributed by atoms with E-state index < -0.39 is 0 Å². The van der Waals surface area contributed by atoms with Crippen molar-refractivity contribution in [2.75, 3.05) is 37.5 Å². The largest absolute Gasteiger partial charge is 0.497 e.